The van der Waals surface area contributed by atoms with Crippen molar-refractivity contribution in [3.63, 3.8) is 0 Å². The normalized spacial score (nSPS) is 10.7. The van der Waals surface area contributed by atoms with E-state index < -0.39 is 0 Å². The molecule has 4 heterocycles. The number of rotatable bonds is 5. The van der Waals surface area contributed by atoms with Crippen molar-refractivity contribution in [2.75, 3.05) is 10.6 Å². The molecule has 0 saturated carbocycles. The van der Waals surface area contributed by atoms with E-state index in [-0.39, 0.29) is 0 Å². The van der Waals surface area contributed by atoms with Gasteiger partial charge in [-0.1, -0.05) is 18.3 Å². The average Bonchev–Trinajstić information content (AvgIpc) is 2.86. The fraction of sp³-hybridized carbons (Fsp3) is 0.0400. The first-order chi connectivity index (χ1) is 16.2. The van der Waals surface area contributed by atoms with Crippen LogP contribution in [0, 0.1) is 6.92 Å². The molecule has 4 aromatic heterocycles. The van der Waals surface area contributed by atoms with E-state index in [9.17, 15) is 0 Å². The van der Waals surface area contributed by atoms with E-state index >= 15 is 0 Å². The molecular weight excluding hydrogens is 430 g/mol. The molecule has 1 aromatic carbocycles. The van der Waals surface area contributed by atoms with Gasteiger partial charge in [-0.2, -0.15) is 0 Å². The first-order valence-electron chi connectivity index (χ1n) is 10.3. The topological polar surface area (TPSA) is 88.5 Å². The van der Waals surface area contributed by atoms with Crippen LogP contribution in [0.25, 0.3) is 22.3 Å². The molecule has 160 valence electrons. The predicted octanol–water partition coefficient (Wildman–Crippen LogP) is 5.32. The summed E-state index contributed by atoms with van der Waals surface area (Å²) in [7, 11) is 0. The van der Waals surface area contributed by atoms with Gasteiger partial charge in [0.15, 0.2) is 5.65 Å². The van der Waals surface area contributed by atoms with Crippen molar-refractivity contribution >= 4 is 45.6 Å². The Morgan fingerprint density at radius 3 is 2.67 bits per heavy atom. The predicted molar refractivity (Wildman–Crippen MR) is 135 cm³/mol. The summed E-state index contributed by atoms with van der Waals surface area (Å²) in [5.41, 5.74) is 5.81. The van der Waals surface area contributed by atoms with Crippen LogP contribution in [0.15, 0.2) is 85.5 Å². The van der Waals surface area contributed by atoms with Crippen LogP contribution in [0.5, 0.6) is 0 Å². The summed E-state index contributed by atoms with van der Waals surface area (Å²) in [5, 5.41) is 7.55. The number of anilines is 3. The number of hydrogen-bond acceptors (Lipinski definition) is 7. The molecule has 0 amide bonds. The van der Waals surface area contributed by atoms with Gasteiger partial charge in [0, 0.05) is 47.1 Å². The summed E-state index contributed by atoms with van der Waals surface area (Å²) >= 11 is 5.59. The maximum Gasteiger partial charge on any atom is 0.227 e. The molecule has 7 nitrogen and oxygen atoms in total. The third kappa shape index (κ3) is 4.65. The van der Waals surface area contributed by atoms with Gasteiger partial charge in [0.1, 0.15) is 10.7 Å². The molecule has 0 aliphatic carbocycles. The third-order valence-corrected chi connectivity index (χ3v) is 5.36. The van der Waals surface area contributed by atoms with Crippen molar-refractivity contribution in [1.82, 2.24) is 24.9 Å². The molecule has 0 atom stereocenters. The SMILES string of the molecule is Cc1ccc(NC(=S)c2ccc3cccnc3n2)cc1Nc1nccc(-c2cccnc2)n1. The van der Waals surface area contributed by atoms with Gasteiger partial charge in [0.2, 0.25) is 5.95 Å². The number of hydrogen-bond donors (Lipinski definition) is 2. The van der Waals surface area contributed by atoms with E-state index in [0.29, 0.717) is 22.3 Å². The minimum Gasteiger partial charge on any atom is -0.345 e. The Labute approximate surface area is 196 Å². The van der Waals surface area contributed by atoms with Crippen LogP contribution in [0.4, 0.5) is 17.3 Å². The Morgan fingerprint density at radius 2 is 1.79 bits per heavy atom. The standard InChI is InChI=1S/C25H19N7S/c1-16-6-8-19(29-24(33)21-9-7-17-4-3-12-27-23(17)30-21)14-22(16)32-25-28-13-10-20(31-25)18-5-2-11-26-15-18/h2-15H,1H3,(H,29,33)(H,28,31,32). The first kappa shape index (κ1) is 20.6. The molecule has 0 saturated heterocycles. The van der Waals surface area contributed by atoms with Gasteiger partial charge in [-0.25, -0.2) is 19.9 Å². The fourth-order valence-electron chi connectivity index (χ4n) is 3.32. The van der Waals surface area contributed by atoms with Crippen molar-refractivity contribution in [3.8, 4) is 11.3 Å². The summed E-state index contributed by atoms with van der Waals surface area (Å²) < 4.78 is 0. The Kier molecular flexibility index (Phi) is 5.65. The number of nitrogens with zero attached hydrogens (tertiary/aromatic N) is 5. The molecule has 0 aliphatic heterocycles. The number of fused-ring (bicyclic) bond motifs is 1. The maximum absolute atomic E-state index is 5.59. The van der Waals surface area contributed by atoms with Crippen LogP contribution in [-0.4, -0.2) is 29.9 Å². The van der Waals surface area contributed by atoms with E-state index in [1.807, 2.05) is 67.6 Å². The molecule has 8 heteroatoms. The number of thiocarbonyl (C=S) groups is 1. The largest absolute Gasteiger partial charge is 0.345 e. The van der Waals surface area contributed by atoms with Gasteiger partial charge >= 0.3 is 0 Å². The Bertz CT molecular complexity index is 1450. The van der Waals surface area contributed by atoms with Crippen LogP contribution in [0.1, 0.15) is 11.3 Å². The van der Waals surface area contributed by atoms with Crippen LogP contribution in [-0.2, 0) is 0 Å². The summed E-state index contributed by atoms with van der Waals surface area (Å²) in [5.74, 6) is 0.501. The zero-order valence-electron chi connectivity index (χ0n) is 17.7. The highest BCUT2D eigenvalue weighted by atomic mass is 32.1. The number of aryl methyl sites for hydroxylation is 1. The molecular formula is C25H19N7S. The zero-order chi connectivity index (χ0) is 22.6. The summed E-state index contributed by atoms with van der Waals surface area (Å²) in [6.45, 7) is 2.02. The molecule has 5 rings (SSSR count). The van der Waals surface area contributed by atoms with Gasteiger partial charge < -0.3 is 10.6 Å². The second-order valence-corrected chi connectivity index (χ2v) is 7.77. The highest BCUT2D eigenvalue weighted by Crippen LogP contribution is 2.25. The van der Waals surface area contributed by atoms with Gasteiger partial charge in [0.05, 0.1) is 5.69 Å². The van der Waals surface area contributed by atoms with E-state index in [1.165, 1.54) is 0 Å². The zero-order valence-corrected chi connectivity index (χ0v) is 18.5. The second kappa shape index (κ2) is 9.05. The fourth-order valence-corrected chi connectivity index (χ4v) is 3.55. The number of aromatic nitrogens is 5. The lowest BCUT2D eigenvalue weighted by Gasteiger charge is -2.13. The molecule has 0 bridgehead atoms. The highest BCUT2D eigenvalue weighted by Gasteiger charge is 2.09. The molecule has 5 aromatic rings. The first-order valence-corrected chi connectivity index (χ1v) is 10.7. The molecule has 0 spiro atoms. The van der Waals surface area contributed by atoms with E-state index in [1.54, 1.807) is 24.8 Å². The van der Waals surface area contributed by atoms with Crippen LogP contribution >= 0.6 is 12.2 Å². The van der Waals surface area contributed by atoms with Crippen molar-refractivity contribution < 1.29 is 0 Å². The van der Waals surface area contributed by atoms with Gasteiger partial charge in [-0.15, -0.1) is 0 Å². The Morgan fingerprint density at radius 1 is 0.879 bits per heavy atom. The molecule has 0 aliphatic rings. The molecule has 0 radical (unpaired) electrons. The minimum absolute atomic E-state index is 0.501. The second-order valence-electron chi connectivity index (χ2n) is 7.36. The Hall–Kier alpha value is -4.30. The molecule has 0 unspecified atom stereocenters. The lowest BCUT2D eigenvalue weighted by molar-refractivity contribution is 1.16. The van der Waals surface area contributed by atoms with Gasteiger partial charge in [0.25, 0.3) is 0 Å². The summed E-state index contributed by atoms with van der Waals surface area (Å²) in [6.07, 6.45) is 6.96. The smallest absolute Gasteiger partial charge is 0.227 e. The van der Waals surface area contributed by atoms with Gasteiger partial charge in [-0.3, -0.25) is 4.98 Å². The van der Waals surface area contributed by atoms with Crippen LogP contribution in [0.2, 0.25) is 0 Å². The molecule has 33 heavy (non-hydrogen) atoms. The number of nitrogens with one attached hydrogen (secondary N) is 2. The van der Waals surface area contributed by atoms with Crippen LogP contribution < -0.4 is 10.6 Å². The average molecular weight is 450 g/mol. The monoisotopic (exact) mass is 449 g/mol. The van der Waals surface area contributed by atoms with E-state index in [4.69, 9.17) is 12.2 Å². The minimum atomic E-state index is 0.501. The highest BCUT2D eigenvalue weighted by molar-refractivity contribution is 7.81. The summed E-state index contributed by atoms with van der Waals surface area (Å²) in [6, 6.07) is 19.4. The summed E-state index contributed by atoms with van der Waals surface area (Å²) in [4.78, 5) is 22.5. The molecule has 0 fully saturated rings. The lowest BCUT2D eigenvalue weighted by atomic mass is 10.1. The van der Waals surface area contributed by atoms with Crippen molar-refractivity contribution in [3.05, 3.63) is 96.7 Å². The maximum atomic E-state index is 5.59. The van der Waals surface area contributed by atoms with E-state index in [0.717, 1.165) is 33.6 Å². The van der Waals surface area contributed by atoms with E-state index in [2.05, 4.69) is 35.6 Å². The van der Waals surface area contributed by atoms with Crippen molar-refractivity contribution in [2.24, 2.45) is 0 Å². The van der Waals surface area contributed by atoms with Crippen LogP contribution in [0.3, 0.4) is 0 Å². The molecule has 2 N–H and O–H groups in total. The number of pyridine rings is 3. The quantitative estimate of drug-likeness (QED) is 0.349. The number of benzene rings is 1. The van der Waals surface area contributed by atoms with Crippen molar-refractivity contribution in [1.29, 1.82) is 0 Å². The third-order valence-electron chi connectivity index (χ3n) is 5.05. The van der Waals surface area contributed by atoms with Crippen molar-refractivity contribution in [2.45, 2.75) is 6.92 Å². The Balaban J connectivity index is 1.36. The van der Waals surface area contributed by atoms with Gasteiger partial charge in [-0.05, 0) is 67.1 Å². The lowest BCUT2D eigenvalue weighted by Crippen LogP contribution is -2.13.